The van der Waals surface area contributed by atoms with Gasteiger partial charge in [0.2, 0.25) is 0 Å². The number of benzene rings is 1. The molecular formula is C13H16N2O. The third-order valence-electron chi connectivity index (χ3n) is 2.96. The van der Waals surface area contributed by atoms with E-state index in [1.165, 1.54) is 5.56 Å². The number of amides is 1. The molecule has 2 aromatic rings. The lowest BCUT2D eigenvalue weighted by atomic mass is 10.1. The lowest BCUT2D eigenvalue weighted by Crippen LogP contribution is -2.21. The van der Waals surface area contributed by atoms with Crippen molar-refractivity contribution in [2.45, 2.75) is 13.8 Å². The number of hydrogen-bond donors (Lipinski definition) is 1. The molecule has 0 atom stereocenters. The molecule has 1 aromatic heterocycles. The van der Waals surface area contributed by atoms with Crippen LogP contribution in [0.15, 0.2) is 18.2 Å². The molecule has 0 unspecified atom stereocenters. The van der Waals surface area contributed by atoms with Crippen molar-refractivity contribution in [1.29, 1.82) is 0 Å². The molecule has 0 bridgehead atoms. The minimum Gasteiger partial charge on any atom is -0.358 e. The Morgan fingerprint density at radius 1 is 1.25 bits per heavy atom. The monoisotopic (exact) mass is 216 g/mol. The summed E-state index contributed by atoms with van der Waals surface area (Å²) in [6, 6.07) is 5.78. The highest BCUT2D eigenvalue weighted by atomic mass is 16.2. The first-order valence-corrected chi connectivity index (χ1v) is 5.31. The van der Waals surface area contributed by atoms with Gasteiger partial charge in [0.25, 0.3) is 5.91 Å². The van der Waals surface area contributed by atoms with E-state index in [1.54, 1.807) is 19.0 Å². The lowest BCUT2D eigenvalue weighted by Gasteiger charge is -2.10. The fourth-order valence-corrected chi connectivity index (χ4v) is 1.85. The van der Waals surface area contributed by atoms with Crippen molar-refractivity contribution in [2.75, 3.05) is 14.1 Å². The summed E-state index contributed by atoms with van der Waals surface area (Å²) in [6.07, 6.45) is 0. The Morgan fingerprint density at radius 2 is 1.94 bits per heavy atom. The molecule has 1 heterocycles. The number of H-pyrrole nitrogens is 1. The first kappa shape index (κ1) is 10.7. The molecule has 0 radical (unpaired) electrons. The Balaban J connectivity index is 2.59. The van der Waals surface area contributed by atoms with Crippen LogP contribution in [-0.4, -0.2) is 29.9 Å². The molecule has 1 aromatic carbocycles. The number of carbonyl (C=O) groups is 1. The fourth-order valence-electron chi connectivity index (χ4n) is 1.85. The van der Waals surface area contributed by atoms with Gasteiger partial charge in [0, 0.05) is 36.3 Å². The summed E-state index contributed by atoms with van der Waals surface area (Å²) in [6.45, 7) is 4.11. The van der Waals surface area contributed by atoms with Crippen LogP contribution in [0.4, 0.5) is 0 Å². The van der Waals surface area contributed by atoms with Gasteiger partial charge in [0.15, 0.2) is 0 Å². The molecule has 2 rings (SSSR count). The average molecular weight is 216 g/mol. The topological polar surface area (TPSA) is 36.1 Å². The lowest BCUT2D eigenvalue weighted by molar-refractivity contribution is 0.0828. The number of nitrogens with one attached hydrogen (secondary N) is 1. The molecule has 3 heteroatoms. The summed E-state index contributed by atoms with van der Waals surface area (Å²) >= 11 is 0. The molecule has 0 aliphatic rings. The molecule has 3 nitrogen and oxygen atoms in total. The second kappa shape index (κ2) is 3.67. The van der Waals surface area contributed by atoms with E-state index >= 15 is 0 Å². The molecule has 1 amide bonds. The van der Waals surface area contributed by atoms with E-state index < -0.39 is 0 Å². The zero-order chi connectivity index (χ0) is 11.9. The minimum atomic E-state index is 0.0418. The van der Waals surface area contributed by atoms with Crippen molar-refractivity contribution < 1.29 is 4.79 Å². The predicted molar refractivity (Wildman–Crippen MR) is 65.8 cm³/mol. The number of aromatic nitrogens is 1. The second-order valence-electron chi connectivity index (χ2n) is 4.33. The van der Waals surface area contributed by atoms with Crippen LogP contribution in [0.3, 0.4) is 0 Å². The SMILES string of the molecule is Cc1[nH]c2ccc(C(=O)N(C)C)cc2c1C. The summed E-state index contributed by atoms with van der Waals surface area (Å²) < 4.78 is 0. The number of fused-ring (bicyclic) bond motifs is 1. The van der Waals surface area contributed by atoms with Gasteiger partial charge in [-0.3, -0.25) is 4.79 Å². The molecule has 16 heavy (non-hydrogen) atoms. The van der Waals surface area contributed by atoms with Crippen LogP contribution in [0.25, 0.3) is 10.9 Å². The van der Waals surface area contributed by atoms with Crippen LogP contribution in [0.5, 0.6) is 0 Å². The van der Waals surface area contributed by atoms with Gasteiger partial charge in [-0.1, -0.05) is 0 Å². The number of hydrogen-bond acceptors (Lipinski definition) is 1. The van der Waals surface area contributed by atoms with E-state index in [1.807, 2.05) is 25.1 Å². The van der Waals surface area contributed by atoms with Gasteiger partial charge in [-0.2, -0.15) is 0 Å². The van der Waals surface area contributed by atoms with E-state index in [0.29, 0.717) is 0 Å². The Labute approximate surface area is 95.1 Å². The smallest absolute Gasteiger partial charge is 0.253 e. The van der Waals surface area contributed by atoms with Crippen molar-refractivity contribution in [2.24, 2.45) is 0 Å². The Kier molecular flexibility index (Phi) is 2.46. The highest BCUT2D eigenvalue weighted by Crippen LogP contribution is 2.22. The molecule has 0 spiro atoms. The van der Waals surface area contributed by atoms with Crippen LogP contribution in [0.2, 0.25) is 0 Å². The van der Waals surface area contributed by atoms with Gasteiger partial charge in [-0.15, -0.1) is 0 Å². The third-order valence-corrected chi connectivity index (χ3v) is 2.96. The predicted octanol–water partition coefficient (Wildman–Crippen LogP) is 2.49. The van der Waals surface area contributed by atoms with E-state index in [9.17, 15) is 4.79 Å². The number of rotatable bonds is 1. The van der Waals surface area contributed by atoms with Gasteiger partial charge >= 0.3 is 0 Å². The van der Waals surface area contributed by atoms with E-state index in [0.717, 1.165) is 22.2 Å². The molecule has 0 aliphatic carbocycles. The third kappa shape index (κ3) is 1.58. The maximum absolute atomic E-state index is 11.8. The van der Waals surface area contributed by atoms with Gasteiger partial charge in [0.1, 0.15) is 0 Å². The first-order chi connectivity index (χ1) is 7.50. The highest BCUT2D eigenvalue weighted by molar-refractivity contribution is 5.98. The van der Waals surface area contributed by atoms with Gasteiger partial charge in [-0.25, -0.2) is 0 Å². The largest absolute Gasteiger partial charge is 0.358 e. The molecular weight excluding hydrogens is 200 g/mol. The highest BCUT2D eigenvalue weighted by Gasteiger charge is 2.10. The first-order valence-electron chi connectivity index (χ1n) is 5.31. The summed E-state index contributed by atoms with van der Waals surface area (Å²) in [5, 5.41) is 1.13. The molecule has 84 valence electrons. The number of carbonyl (C=O) groups excluding carboxylic acids is 1. The molecule has 0 aliphatic heterocycles. The number of aromatic amines is 1. The summed E-state index contributed by atoms with van der Waals surface area (Å²) in [4.78, 5) is 16.7. The van der Waals surface area contributed by atoms with Crippen molar-refractivity contribution in [3.05, 3.63) is 35.0 Å². The van der Waals surface area contributed by atoms with Gasteiger partial charge in [-0.05, 0) is 37.6 Å². The van der Waals surface area contributed by atoms with E-state index in [-0.39, 0.29) is 5.91 Å². The molecule has 1 N–H and O–H groups in total. The summed E-state index contributed by atoms with van der Waals surface area (Å²) in [5.41, 5.74) is 4.19. The van der Waals surface area contributed by atoms with Gasteiger partial charge < -0.3 is 9.88 Å². The van der Waals surface area contributed by atoms with Crippen molar-refractivity contribution in [3.63, 3.8) is 0 Å². The summed E-state index contributed by atoms with van der Waals surface area (Å²) in [5.74, 6) is 0.0418. The van der Waals surface area contributed by atoms with Crippen molar-refractivity contribution in [3.8, 4) is 0 Å². The Morgan fingerprint density at radius 3 is 2.56 bits per heavy atom. The van der Waals surface area contributed by atoms with Crippen molar-refractivity contribution >= 4 is 16.8 Å². The number of aryl methyl sites for hydroxylation is 2. The standard InChI is InChI=1S/C13H16N2O/c1-8-9(2)14-12-6-5-10(7-11(8)12)13(16)15(3)4/h5-7,14H,1-4H3. The van der Waals surface area contributed by atoms with Crippen LogP contribution in [0.1, 0.15) is 21.6 Å². The molecule has 0 fully saturated rings. The molecule has 0 saturated carbocycles. The van der Waals surface area contributed by atoms with Crippen LogP contribution in [-0.2, 0) is 0 Å². The Hall–Kier alpha value is -1.77. The van der Waals surface area contributed by atoms with Crippen molar-refractivity contribution in [1.82, 2.24) is 9.88 Å². The van der Waals surface area contributed by atoms with E-state index in [2.05, 4.69) is 11.9 Å². The Bertz CT molecular complexity index is 552. The van der Waals surface area contributed by atoms with Crippen LogP contribution in [0, 0.1) is 13.8 Å². The minimum absolute atomic E-state index is 0.0418. The second-order valence-corrected chi connectivity index (χ2v) is 4.33. The van der Waals surface area contributed by atoms with E-state index in [4.69, 9.17) is 0 Å². The fraction of sp³-hybridized carbons (Fsp3) is 0.308. The van der Waals surface area contributed by atoms with Crippen LogP contribution >= 0.6 is 0 Å². The van der Waals surface area contributed by atoms with Gasteiger partial charge in [0.05, 0.1) is 0 Å². The number of nitrogens with zero attached hydrogens (tertiary/aromatic N) is 1. The zero-order valence-electron chi connectivity index (χ0n) is 10.1. The summed E-state index contributed by atoms with van der Waals surface area (Å²) in [7, 11) is 3.53. The quantitative estimate of drug-likeness (QED) is 0.781. The maximum Gasteiger partial charge on any atom is 0.253 e. The maximum atomic E-state index is 11.8. The zero-order valence-corrected chi connectivity index (χ0v) is 10.1. The molecule has 0 saturated heterocycles. The van der Waals surface area contributed by atoms with Crippen LogP contribution < -0.4 is 0 Å². The average Bonchev–Trinajstić information content (AvgIpc) is 2.53. The normalized spacial score (nSPS) is 10.8.